The largest absolute Gasteiger partial charge is 0.497 e. The van der Waals surface area contributed by atoms with Crippen molar-refractivity contribution in [1.82, 2.24) is 19.9 Å². The molecular formula is C18H17BrN4O2. The number of hydrogen-bond donors (Lipinski definition) is 1. The summed E-state index contributed by atoms with van der Waals surface area (Å²) in [5, 5.41) is 2.91. The van der Waals surface area contributed by atoms with Gasteiger partial charge < -0.3 is 14.6 Å². The molecule has 25 heavy (non-hydrogen) atoms. The topological polar surface area (TPSA) is 69.0 Å². The zero-order chi connectivity index (χ0) is 17.6. The number of nitrogens with one attached hydrogen (secondary N) is 1. The van der Waals surface area contributed by atoms with Crippen molar-refractivity contribution in [3.05, 3.63) is 65.0 Å². The molecule has 3 rings (SSSR count). The number of rotatable bonds is 6. The smallest absolute Gasteiger partial charge is 0.252 e. The number of methoxy groups -OCH3 is 1. The van der Waals surface area contributed by atoms with Gasteiger partial charge in [-0.2, -0.15) is 0 Å². The minimum Gasteiger partial charge on any atom is -0.497 e. The molecule has 1 amide bonds. The van der Waals surface area contributed by atoms with E-state index in [2.05, 4.69) is 31.2 Å². The van der Waals surface area contributed by atoms with Gasteiger partial charge in [0.2, 0.25) is 0 Å². The summed E-state index contributed by atoms with van der Waals surface area (Å²) in [6, 6.07) is 11.0. The zero-order valence-electron chi connectivity index (χ0n) is 13.6. The minimum absolute atomic E-state index is 0.162. The standard InChI is InChI=1S/C18H17BrN4O2/c1-25-13-5-6-15(19)14(12-13)18(24)22-9-11-23-10-8-21-17(23)16-4-2-3-7-20-16/h2-8,10,12H,9,11H2,1H3,(H,22,24). The van der Waals surface area contributed by atoms with Gasteiger partial charge in [0, 0.05) is 36.2 Å². The number of benzene rings is 1. The third kappa shape index (κ3) is 4.06. The van der Waals surface area contributed by atoms with Gasteiger partial charge in [-0.3, -0.25) is 9.78 Å². The lowest BCUT2D eigenvalue weighted by Gasteiger charge is -2.10. The van der Waals surface area contributed by atoms with Gasteiger partial charge in [0.1, 0.15) is 11.4 Å². The fraction of sp³-hybridized carbons (Fsp3) is 0.167. The van der Waals surface area contributed by atoms with Crippen LogP contribution in [0.15, 0.2) is 59.5 Å². The van der Waals surface area contributed by atoms with E-state index in [1.165, 1.54) is 0 Å². The molecule has 0 saturated heterocycles. The molecule has 0 aliphatic heterocycles. The summed E-state index contributed by atoms with van der Waals surface area (Å²) in [7, 11) is 1.57. The first kappa shape index (κ1) is 17.2. The van der Waals surface area contributed by atoms with E-state index < -0.39 is 0 Å². The minimum atomic E-state index is -0.162. The Morgan fingerprint density at radius 1 is 1.24 bits per heavy atom. The van der Waals surface area contributed by atoms with Crippen LogP contribution in [0, 0.1) is 0 Å². The van der Waals surface area contributed by atoms with Crippen LogP contribution in [0.2, 0.25) is 0 Å². The molecule has 6 nitrogen and oxygen atoms in total. The molecule has 2 heterocycles. The van der Waals surface area contributed by atoms with Crippen molar-refractivity contribution in [3.8, 4) is 17.3 Å². The van der Waals surface area contributed by atoms with E-state index in [4.69, 9.17) is 4.74 Å². The molecule has 0 fully saturated rings. The lowest BCUT2D eigenvalue weighted by atomic mass is 10.2. The fourth-order valence-electron chi connectivity index (χ4n) is 2.41. The van der Waals surface area contributed by atoms with Crippen LogP contribution in [0.25, 0.3) is 11.5 Å². The summed E-state index contributed by atoms with van der Waals surface area (Å²) in [6.07, 6.45) is 5.33. The van der Waals surface area contributed by atoms with Crippen molar-refractivity contribution in [2.75, 3.05) is 13.7 Å². The highest BCUT2D eigenvalue weighted by Crippen LogP contribution is 2.22. The van der Waals surface area contributed by atoms with Crippen LogP contribution in [0.5, 0.6) is 5.75 Å². The average Bonchev–Trinajstić information content (AvgIpc) is 3.11. The average molecular weight is 401 g/mol. The van der Waals surface area contributed by atoms with Crippen LogP contribution >= 0.6 is 15.9 Å². The molecule has 0 atom stereocenters. The molecule has 128 valence electrons. The first-order valence-electron chi connectivity index (χ1n) is 7.73. The van der Waals surface area contributed by atoms with Crippen LogP contribution in [0.3, 0.4) is 0 Å². The Hall–Kier alpha value is -2.67. The number of carbonyl (C=O) groups excluding carboxylic acids is 1. The van der Waals surface area contributed by atoms with E-state index in [0.717, 1.165) is 16.0 Å². The van der Waals surface area contributed by atoms with Gasteiger partial charge in [-0.25, -0.2) is 4.98 Å². The maximum atomic E-state index is 12.4. The summed E-state index contributed by atoms with van der Waals surface area (Å²) in [6.45, 7) is 1.07. The Balaban J connectivity index is 1.64. The first-order chi connectivity index (χ1) is 12.2. The molecule has 3 aromatic rings. The summed E-state index contributed by atoms with van der Waals surface area (Å²) >= 11 is 3.39. The molecule has 0 saturated carbocycles. The van der Waals surface area contributed by atoms with E-state index in [1.54, 1.807) is 37.7 Å². The van der Waals surface area contributed by atoms with E-state index in [1.807, 2.05) is 29.0 Å². The van der Waals surface area contributed by atoms with Crippen molar-refractivity contribution < 1.29 is 9.53 Å². The van der Waals surface area contributed by atoms with Gasteiger partial charge in [0.15, 0.2) is 5.82 Å². The highest BCUT2D eigenvalue weighted by Gasteiger charge is 2.12. The van der Waals surface area contributed by atoms with Crippen molar-refractivity contribution in [3.63, 3.8) is 0 Å². The number of amides is 1. The third-order valence-electron chi connectivity index (χ3n) is 3.67. The van der Waals surface area contributed by atoms with Gasteiger partial charge in [0.05, 0.1) is 12.7 Å². The summed E-state index contributed by atoms with van der Waals surface area (Å²) in [5.74, 6) is 1.25. The molecule has 1 aromatic carbocycles. The van der Waals surface area contributed by atoms with E-state index in [0.29, 0.717) is 24.4 Å². The first-order valence-corrected chi connectivity index (χ1v) is 8.52. The second kappa shape index (κ2) is 7.94. The van der Waals surface area contributed by atoms with E-state index >= 15 is 0 Å². The summed E-state index contributed by atoms with van der Waals surface area (Å²) in [5.41, 5.74) is 1.34. The van der Waals surface area contributed by atoms with Gasteiger partial charge >= 0.3 is 0 Å². The highest BCUT2D eigenvalue weighted by molar-refractivity contribution is 9.10. The normalized spacial score (nSPS) is 10.5. The molecule has 0 radical (unpaired) electrons. The van der Waals surface area contributed by atoms with Crippen molar-refractivity contribution in [2.24, 2.45) is 0 Å². The molecule has 1 N–H and O–H groups in total. The number of hydrogen-bond acceptors (Lipinski definition) is 4. The SMILES string of the molecule is COc1ccc(Br)c(C(=O)NCCn2ccnc2-c2ccccn2)c1. The number of carbonyl (C=O) groups is 1. The Morgan fingerprint density at radius 3 is 2.88 bits per heavy atom. The molecule has 0 aliphatic rings. The van der Waals surface area contributed by atoms with Gasteiger partial charge in [0.25, 0.3) is 5.91 Å². The lowest BCUT2D eigenvalue weighted by molar-refractivity contribution is 0.0951. The second-order valence-corrected chi connectivity index (χ2v) is 6.12. The van der Waals surface area contributed by atoms with Crippen LogP contribution in [-0.2, 0) is 6.54 Å². The summed E-state index contributed by atoms with van der Waals surface area (Å²) < 4.78 is 7.85. The number of imidazole rings is 1. The number of nitrogens with zero attached hydrogens (tertiary/aromatic N) is 3. The number of pyridine rings is 1. The Kier molecular flexibility index (Phi) is 5.45. The molecule has 0 unspecified atom stereocenters. The maximum Gasteiger partial charge on any atom is 0.252 e. The highest BCUT2D eigenvalue weighted by atomic mass is 79.9. The van der Waals surface area contributed by atoms with Gasteiger partial charge in [-0.05, 0) is 46.3 Å². The van der Waals surface area contributed by atoms with Gasteiger partial charge in [-0.15, -0.1) is 0 Å². The zero-order valence-corrected chi connectivity index (χ0v) is 15.2. The number of ether oxygens (including phenoxy) is 1. The molecule has 7 heteroatoms. The quantitative estimate of drug-likeness (QED) is 0.689. The van der Waals surface area contributed by atoms with Crippen molar-refractivity contribution >= 4 is 21.8 Å². The molecule has 0 spiro atoms. The maximum absolute atomic E-state index is 12.4. The predicted octanol–water partition coefficient (Wildman–Crippen LogP) is 3.15. The Morgan fingerprint density at radius 2 is 2.12 bits per heavy atom. The molecule has 0 bridgehead atoms. The molecular weight excluding hydrogens is 384 g/mol. The van der Waals surface area contributed by atoms with Crippen LogP contribution < -0.4 is 10.1 Å². The number of halogens is 1. The second-order valence-electron chi connectivity index (χ2n) is 5.26. The Bertz CT molecular complexity index is 865. The monoisotopic (exact) mass is 400 g/mol. The predicted molar refractivity (Wildman–Crippen MR) is 98.5 cm³/mol. The molecule has 0 aliphatic carbocycles. The Labute approximate surface area is 154 Å². The van der Waals surface area contributed by atoms with E-state index in [9.17, 15) is 4.79 Å². The number of aromatic nitrogens is 3. The summed E-state index contributed by atoms with van der Waals surface area (Å²) in [4.78, 5) is 21.0. The van der Waals surface area contributed by atoms with Crippen LogP contribution in [0.1, 0.15) is 10.4 Å². The van der Waals surface area contributed by atoms with Crippen molar-refractivity contribution in [2.45, 2.75) is 6.54 Å². The van der Waals surface area contributed by atoms with Crippen LogP contribution in [0.4, 0.5) is 0 Å². The van der Waals surface area contributed by atoms with Crippen molar-refractivity contribution in [1.29, 1.82) is 0 Å². The lowest BCUT2D eigenvalue weighted by Crippen LogP contribution is -2.27. The molecule has 2 aromatic heterocycles. The van der Waals surface area contributed by atoms with E-state index in [-0.39, 0.29) is 5.91 Å². The fourth-order valence-corrected chi connectivity index (χ4v) is 2.84. The van der Waals surface area contributed by atoms with Gasteiger partial charge in [-0.1, -0.05) is 6.07 Å². The van der Waals surface area contributed by atoms with Crippen LogP contribution in [-0.4, -0.2) is 34.1 Å². The third-order valence-corrected chi connectivity index (χ3v) is 4.36.